The second-order valence-electron chi connectivity index (χ2n) is 2.16. The first-order valence-corrected chi connectivity index (χ1v) is 3.22. The molecule has 2 N–H and O–H groups in total. The van der Waals surface area contributed by atoms with Crippen LogP contribution in [-0.2, 0) is 6.61 Å². The van der Waals surface area contributed by atoms with Gasteiger partial charge in [0.2, 0.25) is 0 Å². The molecule has 0 spiro atoms. The van der Waals surface area contributed by atoms with Crippen LogP contribution < -0.4 is 0 Å². The molecule has 0 fully saturated rings. The molecule has 5 heteroatoms. The Bertz CT molecular complexity index is 278. The topological polar surface area (TPSA) is 53.4 Å². The third kappa shape index (κ3) is 1.50. The average Bonchev–Trinajstić information content (AvgIpc) is 2.04. The predicted molar refractivity (Wildman–Crippen MR) is 36.8 cm³/mol. The van der Waals surface area contributed by atoms with Crippen LogP contribution in [0.3, 0.4) is 0 Å². The van der Waals surface area contributed by atoms with Crippen LogP contribution in [0.1, 0.15) is 17.7 Å². The molecule has 66 valence electrons. The Morgan fingerprint density at radius 2 is 2.17 bits per heavy atom. The number of alkyl halides is 2. The second kappa shape index (κ2) is 3.44. The van der Waals surface area contributed by atoms with Crippen LogP contribution in [0.4, 0.5) is 8.78 Å². The zero-order chi connectivity index (χ0) is 9.14. The van der Waals surface area contributed by atoms with E-state index < -0.39 is 24.5 Å². The first-order chi connectivity index (χ1) is 5.66. The summed E-state index contributed by atoms with van der Waals surface area (Å²) in [6.45, 7) is -0.478. The molecular weight excluding hydrogens is 168 g/mol. The lowest BCUT2D eigenvalue weighted by Gasteiger charge is -2.04. The molecule has 0 amide bonds. The van der Waals surface area contributed by atoms with Crippen LogP contribution in [0, 0.1) is 0 Å². The third-order valence-electron chi connectivity index (χ3n) is 1.41. The van der Waals surface area contributed by atoms with Crippen LogP contribution in [0.25, 0.3) is 0 Å². The molecule has 1 aromatic heterocycles. The first kappa shape index (κ1) is 8.86. The van der Waals surface area contributed by atoms with Gasteiger partial charge in [-0.1, -0.05) is 0 Å². The van der Waals surface area contributed by atoms with Crippen LogP contribution in [0.2, 0.25) is 0 Å². The largest absolute Gasteiger partial charge is 0.505 e. The number of aliphatic hydroxyl groups excluding tert-OH is 1. The van der Waals surface area contributed by atoms with Gasteiger partial charge in [-0.2, -0.15) is 0 Å². The minimum absolute atomic E-state index is 0.0558. The minimum Gasteiger partial charge on any atom is -0.505 e. The van der Waals surface area contributed by atoms with Gasteiger partial charge < -0.3 is 10.2 Å². The van der Waals surface area contributed by atoms with Gasteiger partial charge in [0.25, 0.3) is 6.43 Å². The molecule has 0 aliphatic rings. The summed E-state index contributed by atoms with van der Waals surface area (Å²) in [6, 6.07) is 1.28. The van der Waals surface area contributed by atoms with Crippen molar-refractivity contribution in [2.75, 3.05) is 0 Å². The number of aromatic hydroxyl groups is 1. The van der Waals surface area contributed by atoms with E-state index in [-0.39, 0.29) is 5.56 Å². The molecule has 0 saturated heterocycles. The van der Waals surface area contributed by atoms with E-state index in [1.54, 1.807) is 0 Å². The number of hydrogen-bond donors (Lipinski definition) is 2. The lowest BCUT2D eigenvalue weighted by atomic mass is 10.2. The third-order valence-corrected chi connectivity index (χ3v) is 1.41. The van der Waals surface area contributed by atoms with Crippen molar-refractivity contribution in [2.45, 2.75) is 13.0 Å². The van der Waals surface area contributed by atoms with Crippen molar-refractivity contribution in [3.8, 4) is 5.75 Å². The van der Waals surface area contributed by atoms with E-state index in [1.165, 1.54) is 6.07 Å². The van der Waals surface area contributed by atoms with Gasteiger partial charge in [0.05, 0.1) is 6.61 Å². The van der Waals surface area contributed by atoms with E-state index in [0.717, 1.165) is 6.20 Å². The Balaban J connectivity index is 3.14. The van der Waals surface area contributed by atoms with Gasteiger partial charge in [0, 0.05) is 11.8 Å². The highest BCUT2D eigenvalue weighted by atomic mass is 19.3. The van der Waals surface area contributed by atoms with E-state index in [1.807, 2.05) is 0 Å². The van der Waals surface area contributed by atoms with E-state index in [4.69, 9.17) is 10.2 Å². The van der Waals surface area contributed by atoms with Gasteiger partial charge >= 0.3 is 0 Å². The summed E-state index contributed by atoms with van der Waals surface area (Å²) in [7, 11) is 0. The summed E-state index contributed by atoms with van der Waals surface area (Å²) in [5.41, 5.74) is -0.637. The van der Waals surface area contributed by atoms with Crippen molar-refractivity contribution in [3.05, 3.63) is 23.5 Å². The number of aromatic nitrogens is 1. The van der Waals surface area contributed by atoms with E-state index >= 15 is 0 Å². The van der Waals surface area contributed by atoms with Crippen molar-refractivity contribution in [1.82, 2.24) is 4.98 Å². The van der Waals surface area contributed by atoms with Crippen molar-refractivity contribution in [3.63, 3.8) is 0 Å². The summed E-state index contributed by atoms with van der Waals surface area (Å²) in [6.07, 6.45) is -1.70. The van der Waals surface area contributed by atoms with Crippen molar-refractivity contribution in [1.29, 1.82) is 0 Å². The predicted octanol–water partition coefficient (Wildman–Crippen LogP) is 1.22. The molecule has 0 aliphatic heterocycles. The molecule has 1 aromatic rings. The van der Waals surface area contributed by atoms with Gasteiger partial charge in [-0.05, 0) is 6.07 Å². The molecule has 0 atom stereocenters. The molecule has 0 aliphatic carbocycles. The Morgan fingerprint density at radius 3 is 2.67 bits per heavy atom. The SMILES string of the molecule is OCc1ccnc(C(F)F)c1O. The number of halogens is 2. The molecule has 1 heterocycles. The summed E-state index contributed by atoms with van der Waals surface area (Å²) < 4.78 is 24.1. The van der Waals surface area contributed by atoms with Gasteiger partial charge in [-0.15, -0.1) is 0 Å². The van der Waals surface area contributed by atoms with Crippen LogP contribution in [0.5, 0.6) is 5.75 Å². The lowest BCUT2D eigenvalue weighted by Crippen LogP contribution is -1.94. The summed E-state index contributed by atoms with van der Waals surface area (Å²) in [4.78, 5) is 3.28. The maximum atomic E-state index is 12.0. The molecule has 0 radical (unpaired) electrons. The molecule has 0 saturated carbocycles. The van der Waals surface area contributed by atoms with Gasteiger partial charge in [0.1, 0.15) is 11.4 Å². The number of pyridine rings is 1. The van der Waals surface area contributed by atoms with E-state index in [0.29, 0.717) is 0 Å². The van der Waals surface area contributed by atoms with Crippen molar-refractivity contribution >= 4 is 0 Å². The normalized spacial score (nSPS) is 10.7. The Hall–Kier alpha value is -1.23. The van der Waals surface area contributed by atoms with Crippen molar-refractivity contribution in [2.24, 2.45) is 0 Å². The highest BCUT2D eigenvalue weighted by molar-refractivity contribution is 5.35. The van der Waals surface area contributed by atoms with E-state index in [9.17, 15) is 8.78 Å². The van der Waals surface area contributed by atoms with Gasteiger partial charge in [-0.25, -0.2) is 8.78 Å². The lowest BCUT2D eigenvalue weighted by molar-refractivity contribution is 0.141. The van der Waals surface area contributed by atoms with Crippen molar-refractivity contribution < 1.29 is 19.0 Å². The number of rotatable bonds is 2. The first-order valence-electron chi connectivity index (χ1n) is 3.22. The van der Waals surface area contributed by atoms with Crippen LogP contribution >= 0.6 is 0 Å². The van der Waals surface area contributed by atoms with E-state index in [2.05, 4.69) is 4.98 Å². The maximum absolute atomic E-state index is 12.0. The summed E-state index contributed by atoms with van der Waals surface area (Å²) in [5, 5.41) is 17.6. The molecule has 0 bridgehead atoms. The Kier molecular flexibility index (Phi) is 2.54. The molecular formula is C7H7F2NO2. The summed E-state index contributed by atoms with van der Waals surface area (Å²) >= 11 is 0. The van der Waals surface area contributed by atoms with Crippen LogP contribution in [0.15, 0.2) is 12.3 Å². The van der Waals surface area contributed by atoms with Gasteiger partial charge in [0.15, 0.2) is 0 Å². The molecule has 12 heavy (non-hydrogen) atoms. The number of nitrogens with zero attached hydrogens (tertiary/aromatic N) is 1. The number of aliphatic hydroxyl groups is 1. The zero-order valence-corrected chi connectivity index (χ0v) is 6.04. The molecule has 0 aromatic carbocycles. The minimum atomic E-state index is -2.82. The highest BCUT2D eigenvalue weighted by Gasteiger charge is 2.16. The monoisotopic (exact) mass is 175 g/mol. The number of hydrogen-bond acceptors (Lipinski definition) is 3. The Labute approximate surface area is 67.3 Å². The zero-order valence-electron chi connectivity index (χ0n) is 6.04. The molecule has 0 unspecified atom stereocenters. The maximum Gasteiger partial charge on any atom is 0.284 e. The quantitative estimate of drug-likeness (QED) is 0.710. The molecule has 3 nitrogen and oxygen atoms in total. The molecule has 1 rings (SSSR count). The second-order valence-corrected chi connectivity index (χ2v) is 2.16. The fraction of sp³-hybridized carbons (Fsp3) is 0.286. The summed E-state index contributed by atoms with van der Waals surface area (Å²) in [5.74, 6) is -0.630. The average molecular weight is 175 g/mol. The van der Waals surface area contributed by atoms with Gasteiger partial charge in [-0.3, -0.25) is 4.98 Å². The van der Waals surface area contributed by atoms with Crippen LogP contribution in [-0.4, -0.2) is 15.2 Å². The Morgan fingerprint density at radius 1 is 1.50 bits per heavy atom. The fourth-order valence-electron chi connectivity index (χ4n) is 0.799. The smallest absolute Gasteiger partial charge is 0.284 e. The standard InChI is InChI=1S/C7H7F2NO2/c8-7(9)5-6(12)4(3-11)1-2-10-5/h1-2,7,11-12H,3H2. The highest BCUT2D eigenvalue weighted by Crippen LogP contribution is 2.28. The fourth-order valence-corrected chi connectivity index (χ4v) is 0.799.